The number of quaternary nitrogens is 1. The molecule has 3 atom stereocenters. The highest BCUT2D eigenvalue weighted by molar-refractivity contribution is 7.45. The molecule has 0 aromatic heterocycles. The van der Waals surface area contributed by atoms with Crippen molar-refractivity contribution in [2.75, 3.05) is 40.9 Å². The van der Waals surface area contributed by atoms with Crippen molar-refractivity contribution in [3.05, 3.63) is 60.8 Å². The number of hydrogen-bond acceptors (Lipinski definition) is 7. The normalized spacial score (nSPS) is 14.2. The Kier molecular flexibility index (Phi) is 49.6. The van der Waals surface area contributed by atoms with Crippen molar-refractivity contribution in [2.45, 2.75) is 277 Å². The molecule has 414 valence electrons. The third kappa shape index (κ3) is 52.4. The zero-order valence-corrected chi connectivity index (χ0v) is 48.1. The first-order valence-electron chi connectivity index (χ1n) is 29.6. The zero-order chi connectivity index (χ0) is 52.2. The summed E-state index contributed by atoms with van der Waals surface area (Å²) in [5.74, 6) is -0.578. The summed E-state index contributed by atoms with van der Waals surface area (Å²) in [5.41, 5.74) is 0. The monoisotopic (exact) mass is 1020 g/mol. The number of ether oxygens (including phenoxy) is 1. The van der Waals surface area contributed by atoms with Crippen molar-refractivity contribution in [3.8, 4) is 0 Å². The fourth-order valence-corrected chi connectivity index (χ4v) is 9.03. The summed E-state index contributed by atoms with van der Waals surface area (Å²) in [6.07, 6.45) is 63.2. The third-order valence-electron chi connectivity index (χ3n) is 12.9. The van der Waals surface area contributed by atoms with Gasteiger partial charge in [-0.05, 0) is 89.5 Å². The van der Waals surface area contributed by atoms with Crippen LogP contribution in [0.3, 0.4) is 0 Å². The molecule has 10 heteroatoms. The SMILES string of the molecule is CCCCC/C=C\C/C=C\CCCCCCCCCC(=O)OC(/C=C/CCCCCCCCCCCC)C(COP(=O)([O-])OCC[N+](C)(C)C)NC(=O)CCCCC/C=C/C=C/CCCCCCCCC. The summed E-state index contributed by atoms with van der Waals surface area (Å²) >= 11 is 0. The van der Waals surface area contributed by atoms with Crippen LogP contribution in [0.25, 0.3) is 0 Å². The maximum Gasteiger partial charge on any atom is 0.306 e. The second-order valence-electron chi connectivity index (χ2n) is 21.2. The van der Waals surface area contributed by atoms with Crippen LogP contribution in [0.4, 0.5) is 0 Å². The van der Waals surface area contributed by atoms with Gasteiger partial charge in [-0.2, -0.15) is 0 Å². The molecular formula is C61H113N2O7P. The maximum atomic E-state index is 13.5. The van der Waals surface area contributed by atoms with Crippen molar-refractivity contribution in [1.29, 1.82) is 0 Å². The molecule has 71 heavy (non-hydrogen) atoms. The highest BCUT2D eigenvalue weighted by Gasteiger charge is 2.27. The van der Waals surface area contributed by atoms with E-state index in [2.05, 4.69) is 74.7 Å². The molecule has 0 radical (unpaired) electrons. The van der Waals surface area contributed by atoms with Gasteiger partial charge in [-0.25, -0.2) is 0 Å². The van der Waals surface area contributed by atoms with Crippen LogP contribution in [0.1, 0.15) is 265 Å². The van der Waals surface area contributed by atoms with Gasteiger partial charge in [-0.1, -0.05) is 223 Å². The number of phosphoric ester groups is 1. The van der Waals surface area contributed by atoms with Crippen molar-refractivity contribution >= 4 is 19.7 Å². The number of unbranched alkanes of at least 4 members (excludes halogenated alkanes) is 30. The van der Waals surface area contributed by atoms with Crippen molar-refractivity contribution < 1.29 is 37.3 Å². The van der Waals surface area contributed by atoms with Gasteiger partial charge in [0.05, 0.1) is 33.8 Å². The van der Waals surface area contributed by atoms with Gasteiger partial charge in [0.1, 0.15) is 19.3 Å². The average Bonchev–Trinajstić information content (AvgIpc) is 3.33. The smallest absolute Gasteiger partial charge is 0.306 e. The van der Waals surface area contributed by atoms with Crippen molar-refractivity contribution in [2.24, 2.45) is 0 Å². The lowest BCUT2D eigenvalue weighted by Crippen LogP contribution is -2.47. The van der Waals surface area contributed by atoms with Gasteiger partial charge in [0.25, 0.3) is 7.82 Å². The summed E-state index contributed by atoms with van der Waals surface area (Å²) in [6.45, 7) is 6.79. The van der Waals surface area contributed by atoms with Crippen molar-refractivity contribution in [3.63, 3.8) is 0 Å². The molecule has 0 saturated carbocycles. The second kappa shape index (κ2) is 51.2. The summed E-state index contributed by atoms with van der Waals surface area (Å²) < 4.78 is 30.2. The van der Waals surface area contributed by atoms with E-state index >= 15 is 0 Å². The summed E-state index contributed by atoms with van der Waals surface area (Å²) in [7, 11) is 1.16. The van der Waals surface area contributed by atoms with E-state index in [-0.39, 0.29) is 31.3 Å². The minimum Gasteiger partial charge on any atom is -0.756 e. The first-order chi connectivity index (χ1) is 34.4. The molecule has 0 aromatic carbocycles. The summed E-state index contributed by atoms with van der Waals surface area (Å²) in [4.78, 5) is 39.9. The number of carbonyl (C=O) groups is 2. The Labute approximate surface area is 439 Å². The summed E-state index contributed by atoms with van der Waals surface area (Å²) in [5, 5.41) is 3.01. The van der Waals surface area contributed by atoms with E-state index in [0.717, 1.165) is 83.5 Å². The molecule has 0 rings (SSSR count). The Bertz CT molecular complexity index is 1400. The van der Waals surface area contributed by atoms with Crippen LogP contribution in [0.15, 0.2) is 60.8 Å². The molecule has 0 bridgehead atoms. The number of allylic oxidation sites excluding steroid dienone is 9. The van der Waals surface area contributed by atoms with E-state index in [9.17, 15) is 19.0 Å². The highest BCUT2D eigenvalue weighted by Crippen LogP contribution is 2.38. The van der Waals surface area contributed by atoms with E-state index in [1.54, 1.807) is 0 Å². The number of amides is 1. The first-order valence-corrected chi connectivity index (χ1v) is 31.1. The lowest BCUT2D eigenvalue weighted by Gasteiger charge is -2.30. The number of nitrogens with zero attached hydrogens (tertiary/aromatic N) is 1. The minimum atomic E-state index is -4.70. The van der Waals surface area contributed by atoms with E-state index in [0.29, 0.717) is 17.4 Å². The molecule has 0 heterocycles. The van der Waals surface area contributed by atoms with Gasteiger partial charge >= 0.3 is 5.97 Å². The molecular weight excluding hydrogens is 904 g/mol. The quantitative estimate of drug-likeness (QED) is 0.0161. The van der Waals surface area contributed by atoms with Gasteiger partial charge in [0, 0.05) is 12.8 Å². The number of phosphoric acid groups is 1. The van der Waals surface area contributed by atoms with Crippen LogP contribution in [0.2, 0.25) is 0 Å². The van der Waals surface area contributed by atoms with Crippen LogP contribution < -0.4 is 10.2 Å². The Hall–Kier alpha value is -2.29. The van der Waals surface area contributed by atoms with Gasteiger partial charge < -0.3 is 28.5 Å². The van der Waals surface area contributed by atoms with Crippen LogP contribution in [-0.4, -0.2) is 69.4 Å². The fraction of sp³-hybridized carbons (Fsp3) is 0.803. The summed E-state index contributed by atoms with van der Waals surface area (Å²) in [6, 6.07) is -0.905. The number of carbonyl (C=O) groups excluding carboxylic acids is 2. The van der Waals surface area contributed by atoms with E-state index in [4.69, 9.17) is 13.8 Å². The average molecular weight is 1020 g/mol. The van der Waals surface area contributed by atoms with E-state index < -0.39 is 26.6 Å². The molecule has 1 amide bonds. The molecule has 0 fully saturated rings. The first kappa shape index (κ1) is 68.7. The Morgan fingerprint density at radius 2 is 0.901 bits per heavy atom. The minimum absolute atomic E-state index is 0.0298. The largest absolute Gasteiger partial charge is 0.756 e. The van der Waals surface area contributed by atoms with E-state index in [1.807, 2.05) is 33.3 Å². The second-order valence-corrected chi connectivity index (χ2v) is 22.6. The van der Waals surface area contributed by atoms with Crippen LogP contribution in [0.5, 0.6) is 0 Å². The molecule has 0 saturated heterocycles. The van der Waals surface area contributed by atoms with Crippen LogP contribution >= 0.6 is 7.82 Å². The molecule has 9 nitrogen and oxygen atoms in total. The molecule has 0 aromatic rings. The Balaban J connectivity index is 5.38. The van der Waals surface area contributed by atoms with E-state index in [1.165, 1.54) is 141 Å². The standard InChI is InChI=1S/C61H113N2O7P/c1-7-10-13-16-19-22-25-28-30-32-34-36-39-42-45-48-51-54-61(65)70-59(52-49-46-43-40-37-27-24-21-18-15-12-9-3)58(57-69-71(66,67)68-56-55-63(4,5)6)62-60(64)53-50-47-44-41-38-35-33-31-29-26-23-20-17-14-11-8-2/h19,22,28,30-31,33,35,38,49,52,58-59H,7-18,20-21,23-27,29,32,34,36-37,39-48,50-51,53-57H2,1-6H3,(H-,62,64,66,67)/b22-19-,30-28-,33-31+,38-35+,52-49+. The molecule has 0 aliphatic heterocycles. The van der Waals surface area contributed by atoms with Crippen molar-refractivity contribution in [1.82, 2.24) is 5.32 Å². The molecule has 3 unspecified atom stereocenters. The molecule has 1 N–H and O–H groups in total. The van der Waals surface area contributed by atoms with Gasteiger partial charge in [-0.15, -0.1) is 0 Å². The lowest BCUT2D eigenvalue weighted by atomic mass is 10.0. The predicted molar refractivity (Wildman–Crippen MR) is 302 cm³/mol. The lowest BCUT2D eigenvalue weighted by molar-refractivity contribution is -0.870. The maximum absolute atomic E-state index is 13.5. The fourth-order valence-electron chi connectivity index (χ4n) is 8.31. The van der Waals surface area contributed by atoms with Gasteiger partial charge in [0.15, 0.2) is 0 Å². The number of likely N-dealkylation sites (N-methyl/N-ethyl adjacent to an activating group) is 1. The molecule has 0 spiro atoms. The Morgan fingerprint density at radius 3 is 1.39 bits per heavy atom. The number of nitrogens with one attached hydrogen (secondary N) is 1. The third-order valence-corrected chi connectivity index (χ3v) is 13.9. The number of hydrogen-bond donors (Lipinski definition) is 1. The Morgan fingerprint density at radius 1 is 0.507 bits per heavy atom. The molecule has 0 aliphatic rings. The number of esters is 1. The van der Waals surface area contributed by atoms with Gasteiger partial charge in [-0.3, -0.25) is 14.2 Å². The van der Waals surface area contributed by atoms with Crippen LogP contribution in [0, 0.1) is 0 Å². The van der Waals surface area contributed by atoms with Crippen LogP contribution in [-0.2, 0) is 27.9 Å². The zero-order valence-electron chi connectivity index (χ0n) is 47.2. The topological polar surface area (TPSA) is 114 Å². The highest BCUT2D eigenvalue weighted by atomic mass is 31.2. The number of rotatable bonds is 53. The molecule has 0 aliphatic carbocycles. The predicted octanol–water partition coefficient (Wildman–Crippen LogP) is 17.3. The van der Waals surface area contributed by atoms with Gasteiger partial charge in [0.2, 0.25) is 5.91 Å².